The number of nitrogen functional groups attached to an aromatic ring is 1. The van der Waals surface area contributed by atoms with E-state index in [1.54, 1.807) is 0 Å². The van der Waals surface area contributed by atoms with Crippen LogP contribution >= 0.6 is 0 Å². The summed E-state index contributed by atoms with van der Waals surface area (Å²) in [5.41, 5.74) is 2.12. The third-order valence-electron chi connectivity index (χ3n) is 3.10. The normalized spacial score (nSPS) is 20.8. The van der Waals surface area contributed by atoms with Crippen LogP contribution in [0.2, 0.25) is 0 Å². The number of aromatic nitrogens is 2. The van der Waals surface area contributed by atoms with Gasteiger partial charge in [0.1, 0.15) is 11.6 Å². The lowest BCUT2D eigenvalue weighted by atomic mass is 10.1. The molecule has 1 unspecified atom stereocenters. The van der Waals surface area contributed by atoms with E-state index in [9.17, 15) is 13.2 Å². The SMILES string of the molecule is CN1CCCC(Nc2cc(NN)nc(C(F)(F)F)n2)C1. The molecule has 0 aliphatic carbocycles. The molecule has 112 valence electrons. The number of nitrogens with one attached hydrogen (secondary N) is 2. The first-order valence-electron chi connectivity index (χ1n) is 6.26. The van der Waals surface area contributed by atoms with E-state index < -0.39 is 12.0 Å². The molecule has 1 aromatic heterocycles. The fourth-order valence-electron chi connectivity index (χ4n) is 2.22. The summed E-state index contributed by atoms with van der Waals surface area (Å²) in [7, 11) is 1.97. The van der Waals surface area contributed by atoms with Crippen molar-refractivity contribution in [2.75, 3.05) is 30.9 Å². The van der Waals surface area contributed by atoms with Crippen LogP contribution in [0.15, 0.2) is 6.07 Å². The van der Waals surface area contributed by atoms with E-state index in [4.69, 9.17) is 5.84 Å². The van der Waals surface area contributed by atoms with Crippen LogP contribution in [0.4, 0.5) is 24.8 Å². The van der Waals surface area contributed by atoms with Crippen molar-refractivity contribution in [1.82, 2.24) is 14.9 Å². The zero-order valence-corrected chi connectivity index (χ0v) is 11.0. The van der Waals surface area contributed by atoms with Gasteiger partial charge in [0.25, 0.3) is 0 Å². The van der Waals surface area contributed by atoms with Crippen LogP contribution in [0, 0.1) is 0 Å². The average molecular weight is 290 g/mol. The van der Waals surface area contributed by atoms with E-state index in [1.165, 1.54) is 6.07 Å². The van der Waals surface area contributed by atoms with Gasteiger partial charge in [-0.2, -0.15) is 13.2 Å². The smallest absolute Gasteiger partial charge is 0.366 e. The molecular weight excluding hydrogens is 273 g/mol. The monoisotopic (exact) mass is 290 g/mol. The van der Waals surface area contributed by atoms with Gasteiger partial charge >= 0.3 is 6.18 Å². The summed E-state index contributed by atoms with van der Waals surface area (Å²) in [6, 6.07) is 1.43. The van der Waals surface area contributed by atoms with Crippen LogP contribution in [-0.2, 0) is 6.18 Å². The highest BCUT2D eigenvalue weighted by atomic mass is 19.4. The summed E-state index contributed by atoms with van der Waals surface area (Å²) in [4.78, 5) is 8.94. The Balaban J connectivity index is 2.18. The van der Waals surface area contributed by atoms with Gasteiger partial charge in [0.2, 0.25) is 5.82 Å². The Morgan fingerprint density at radius 2 is 2.05 bits per heavy atom. The van der Waals surface area contributed by atoms with Gasteiger partial charge < -0.3 is 15.6 Å². The van der Waals surface area contributed by atoms with E-state index in [2.05, 4.69) is 25.6 Å². The molecule has 1 aromatic rings. The number of likely N-dealkylation sites (N-methyl/N-ethyl adjacent to an activating group) is 1. The lowest BCUT2D eigenvalue weighted by Crippen LogP contribution is -2.40. The molecule has 1 aliphatic heterocycles. The Hall–Kier alpha value is -1.61. The van der Waals surface area contributed by atoms with E-state index >= 15 is 0 Å². The van der Waals surface area contributed by atoms with Gasteiger partial charge in [0, 0.05) is 18.7 Å². The second-order valence-corrected chi connectivity index (χ2v) is 4.85. The molecule has 0 bridgehead atoms. The minimum atomic E-state index is -4.60. The van der Waals surface area contributed by atoms with Crippen molar-refractivity contribution in [1.29, 1.82) is 0 Å². The molecule has 2 heterocycles. The molecule has 0 amide bonds. The number of anilines is 2. The van der Waals surface area contributed by atoms with Crippen molar-refractivity contribution >= 4 is 11.6 Å². The number of nitrogens with zero attached hydrogens (tertiary/aromatic N) is 3. The van der Waals surface area contributed by atoms with Gasteiger partial charge in [0.05, 0.1) is 0 Å². The Morgan fingerprint density at radius 1 is 1.35 bits per heavy atom. The van der Waals surface area contributed by atoms with Crippen LogP contribution in [0.1, 0.15) is 18.7 Å². The molecule has 9 heteroatoms. The largest absolute Gasteiger partial charge is 0.451 e. The Labute approximate surface area is 114 Å². The summed E-state index contributed by atoms with van der Waals surface area (Å²) >= 11 is 0. The molecule has 4 N–H and O–H groups in total. The first-order chi connectivity index (χ1) is 9.38. The predicted octanol–water partition coefficient (Wildman–Crippen LogP) is 1.29. The van der Waals surface area contributed by atoms with Gasteiger partial charge in [-0.15, -0.1) is 0 Å². The Kier molecular flexibility index (Phi) is 4.29. The van der Waals surface area contributed by atoms with E-state index in [0.717, 1.165) is 25.9 Å². The maximum atomic E-state index is 12.7. The highest BCUT2D eigenvalue weighted by Crippen LogP contribution is 2.28. The first-order valence-corrected chi connectivity index (χ1v) is 6.26. The molecule has 0 radical (unpaired) electrons. The van der Waals surface area contributed by atoms with E-state index in [1.807, 2.05) is 7.05 Å². The van der Waals surface area contributed by atoms with Gasteiger partial charge in [-0.3, -0.25) is 0 Å². The number of hydrazine groups is 1. The summed E-state index contributed by atoms with van der Waals surface area (Å²) < 4.78 is 38.1. The first kappa shape index (κ1) is 14.8. The molecule has 1 atom stereocenters. The number of hydrogen-bond donors (Lipinski definition) is 3. The number of hydrogen-bond acceptors (Lipinski definition) is 6. The molecule has 1 fully saturated rings. The lowest BCUT2D eigenvalue weighted by molar-refractivity contribution is -0.144. The van der Waals surface area contributed by atoms with Crippen molar-refractivity contribution in [3.8, 4) is 0 Å². The molecule has 0 saturated carbocycles. The van der Waals surface area contributed by atoms with Gasteiger partial charge in [-0.05, 0) is 26.4 Å². The topological polar surface area (TPSA) is 79.1 Å². The zero-order chi connectivity index (χ0) is 14.8. The minimum Gasteiger partial charge on any atom is -0.366 e. The Bertz CT molecular complexity index is 464. The molecule has 1 saturated heterocycles. The number of likely N-dealkylation sites (tertiary alicyclic amines) is 1. The van der Waals surface area contributed by atoms with Crippen molar-refractivity contribution in [3.63, 3.8) is 0 Å². The molecule has 0 spiro atoms. The maximum Gasteiger partial charge on any atom is 0.451 e. The second-order valence-electron chi connectivity index (χ2n) is 4.85. The van der Waals surface area contributed by atoms with Gasteiger partial charge in [0.15, 0.2) is 0 Å². The Morgan fingerprint density at radius 3 is 2.65 bits per heavy atom. The maximum absolute atomic E-state index is 12.7. The number of nitrogens with two attached hydrogens (primary N) is 1. The molecule has 6 nitrogen and oxygen atoms in total. The fraction of sp³-hybridized carbons (Fsp3) is 0.636. The molecule has 2 rings (SSSR count). The minimum absolute atomic E-state index is 0.0651. The number of piperidine rings is 1. The molecule has 1 aliphatic rings. The van der Waals surface area contributed by atoms with Crippen LogP contribution < -0.4 is 16.6 Å². The quantitative estimate of drug-likeness (QED) is 0.575. The summed E-state index contributed by atoms with van der Waals surface area (Å²) in [6.45, 7) is 1.75. The average Bonchev–Trinajstić information content (AvgIpc) is 2.37. The molecular formula is C11H17F3N6. The van der Waals surface area contributed by atoms with Crippen molar-refractivity contribution in [2.24, 2.45) is 5.84 Å². The summed E-state index contributed by atoms with van der Waals surface area (Å²) in [6.07, 6.45) is -2.72. The van der Waals surface area contributed by atoms with Crippen LogP contribution in [0.25, 0.3) is 0 Å². The van der Waals surface area contributed by atoms with Crippen LogP contribution in [-0.4, -0.2) is 41.0 Å². The second kappa shape index (κ2) is 5.80. The third kappa shape index (κ3) is 3.70. The van der Waals surface area contributed by atoms with Crippen molar-refractivity contribution < 1.29 is 13.2 Å². The van der Waals surface area contributed by atoms with Crippen LogP contribution in [0.5, 0.6) is 0 Å². The zero-order valence-electron chi connectivity index (χ0n) is 11.0. The van der Waals surface area contributed by atoms with Crippen molar-refractivity contribution in [2.45, 2.75) is 25.1 Å². The molecule has 0 aromatic carbocycles. The number of alkyl halides is 3. The standard InChI is InChI=1S/C11H17F3N6/c1-20-4-2-3-7(6-20)16-8-5-9(19-15)18-10(17-8)11(12,13)14/h5,7H,2-4,6,15H2,1H3,(H2,16,17,18,19). The number of rotatable bonds is 3. The number of halogens is 3. The van der Waals surface area contributed by atoms with Crippen molar-refractivity contribution in [3.05, 3.63) is 11.9 Å². The highest BCUT2D eigenvalue weighted by molar-refractivity contribution is 5.47. The fourth-order valence-corrected chi connectivity index (χ4v) is 2.22. The van der Waals surface area contributed by atoms with Crippen LogP contribution in [0.3, 0.4) is 0 Å². The van der Waals surface area contributed by atoms with E-state index in [-0.39, 0.29) is 17.7 Å². The van der Waals surface area contributed by atoms with Gasteiger partial charge in [-0.1, -0.05) is 0 Å². The third-order valence-corrected chi connectivity index (χ3v) is 3.10. The lowest BCUT2D eigenvalue weighted by Gasteiger charge is -2.30. The summed E-state index contributed by atoms with van der Waals surface area (Å²) in [5.74, 6) is 3.99. The highest BCUT2D eigenvalue weighted by Gasteiger charge is 2.35. The predicted molar refractivity (Wildman–Crippen MR) is 69.0 cm³/mol. The van der Waals surface area contributed by atoms with Gasteiger partial charge in [-0.25, -0.2) is 15.8 Å². The van der Waals surface area contributed by atoms with E-state index in [0.29, 0.717) is 0 Å². The summed E-state index contributed by atoms with van der Waals surface area (Å²) in [5, 5.41) is 3.01. The molecule has 20 heavy (non-hydrogen) atoms.